The summed E-state index contributed by atoms with van der Waals surface area (Å²) in [5.74, 6) is 4.36. The lowest BCUT2D eigenvalue weighted by Gasteiger charge is -2.32. The number of amides is 3. The average Bonchev–Trinajstić information content (AvgIpc) is 2.85. The van der Waals surface area contributed by atoms with Crippen LogP contribution in [0.2, 0.25) is 0 Å². The predicted octanol–water partition coefficient (Wildman–Crippen LogP) is 2.43. The molecule has 0 saturated carbocycles. The molecule has 1 aliphatic heterocycles. The summed E-state index contributed by atoms with van der Waals surface area (Å²) in [5, 5.41) is 9.31. The lowest BCUT2D eigenvalue weighted by atomic mass is 9.95. The van der Waals surface area contributed by atoms with Gasteiger partial charge in [0.2, 0.25) is 5.91 Å². The first-order valence-corrected chi connectivity index (χ1v) is 11.2. The molecule has 180 valence electrons. The van der Waals surface area contributed by atoms with Gasteiger partial charge in [-0.15, -0.1) is 0 Å². The quantitative estimate of drug-likeness (QED) is 0.236. The van der Waals surface area contributed by atoms with Crippen LogP contribution in [0.3, 0.4) is 0 Å². The number of hydrogen-bond donors (Lipinski definition) is 3. The Balaban J connectivity index is 1.53. The number of benzene rings is 1. The molecule has 3 amide bonds. The predicted molar refractivity (Wildman–Crippen MR) is 128 cm³/mol. The fraction of sp³-hybridized carbons (Fsp3) is 0.375. The number of nitrogens with one attached hydrogen (secondary N) is 2. The number of nitrogens with zero attached hydrogens (tertiary/aromatic N) is 3. The van der Waals surface area contributed by atoms with Crippen molar-refractivity contribution < 1.29 is 19.1 Å². The van der Waals surface area contributed by atoms with E-state index in [1.807, 2.05) is 6.07 Å². The zero-order valence-electron chi connectivity index (χ0n) is 19.1. The zero-order valence-corrected chi connectivity index (χ0v) is 19.1. The Morgan fingerprint density at radius 3 is 2.59 bits per heavy atom. The van der Waals surface area contributed by atoms with Crippen molar-refractivity contribution in [2.45, 2.75) is 32.2 Å². The van der Waals surface area contributed by atoms with Gasteiger partial charge in [-0.25, -0.2) is 4.79 Å². The summed E-state index contributed by atoms with van der Waals surface area (Å²) in [6.45, 7) is 2.93. The third-order valence-electron chi connectivity index (χ3n) is 5.62. The molecule has 1 aromatic carbocycles. The molecule has 4 N–H and O–H groups in total. The second kappa shape index (κ2) is 12.3. The van der Waals surface area contributed by atoms with Crippen molar-refractivity contribution in [1.82, 2.24) is 15.2 Å². The van der Waals surface area contributed by atoms with E-state index in [9.17, 15) is 14.4 Å². The minimum Gasteiger partial charge on any atom is -0.466 e. The number of hydrogen-bond acceptors (Lipinski definition) is 7. The molecule has 0 radical (unpaired) electrons. The largest absolute Gasteiger partial charge is 0.466 e. The summed E-state index contributed by atoms with van der Waals surface area (Å²) < 4.78 is 5.06. The first-order valence-electron chi connectivity index (χ1n) is 11.2. The lowest BCUT2D eigenvalue weighted by molar-refractivity contribution is -0.144. The molecule has 10 nitrogen and oxygen atoms in total. The number of urea groups is 1. The molecule has 2 heterocycles. The van der Waals surface area contributed by atoms with Crippen molar-refractivity contribution in [1.29, 1.82) is 0 Å². The summed E-state index contributed by atoms with van der Waals surface area (Å²) >= 11 is 0. The Bertz CT molecular complexity index is 988. The van der Waals surface area contributed by atoms with E-state index >= 15 is 0 Å². The highest BCUT2D eigenvalue weighted by Gasteiger charge is 2.29. The van der Waals surface area contributed by atoms with Gasteiger partial charge < -0.3 is 26.1 Å². The fourth-order valence-electron chi connectivity index (χ4n) is 3.80. The highest BCUT2D eigenvalue weighted by Crippen LogP contribution is 2.22. The molecule has 1 saturated heterocycles. The number of carbonyl (C=O) groups excluding carboxylic acids is 3. The smallest absolute Gasteiger partial charge is 0.321 e. The Morgan fingerprint density at radius 2 is 1.97 bits per heavy atom. The third-order valence-corrected chi connectivity index (χ3v) is 5.62. The van der Waals surface area contributed by atoms with E-state index < -0.39 is 6.04 Å². The van der Waals surface area contributed by atoms with Crippen molar-refractivity contribution >= 4 is 29.8 Å². The topological polar surface area (TPSA) is 139 Å². The van der Waals surface area contributed by atoms with E-state index in [0.29, 0.717) is 31.6 Å². The number of rotatable bonds is 8. The van der Waals surface area contributed by atoms with Crippen molar-refractivity contribution in [3.8, 4) is 0 Å². The molecule has 1 aromatic heterocycles. The minimum absolute atomic E-state index is 0.0302. The van der Waals surface area contributed by atoms with Crippen LogP contribution in [0.1, 0.15) is 43.4 Å². The summed E-state index contributed by atoms with van der Waals surface area (Å²) in [6, 6.07) is 10.0. The van der Waals surface area contributed by atoms with Crippen LogP contribution in [-0.2, 0) is 14.3 Å². The highest BCUT2D eigenvalue weighted by atomic mass is 16.5. The number of hydrazone groups is 1. The van der Waals surface area contributed by atoms with E-state index in [-0.39, 0.29) is 36.9 Å². The van der Waals surface area contributed by atoms with E-state index in [2.05, 4.69) is 20.7 Å². The van der Waals surface area contributed by atoms with Crippen LogP contribution in [0.5, 0.6) is 0 Å². The summed E-state index contributed by atoms with van der Waals surface area (Å²) in [6.07, 6.45) is 5.88. The molecule has 3 rings (SSSR count). The van der Waals surface area contributed by atoms with Gasteiger partial charge in [-0.2, -0.15) is 5.10 Å². The molecule has 1 unspecified atom stereocenters. The normalized spacial score (nSPS) is 15.0. The Hall–Kier alpha value is -3.95. The standard InChI is InChI=1S/C24H30N6O4/c1-2-34-22(31)14-21(19-4-3-11-26-16-19)29-23(32)18-9-12-30(13-10-18)24(33)28-20-7-5-17(6-8-20)15-27-25/h3-8,11,15-16,18,21H,2,9-10,12-14,25H2,1H3,(H,28,33)(H,29,32). The molecule has 34 heavy (non-hydrogen) atoms. The number of nitrogens with two attached hydrogens (primary N) is 1. The zero-order chi connectivity index (χ0) is 24.3. The molecule has 1 fully saturated rings. The second-order valence-corrected chi connectivity index (χ2v) is 7.95. The van der Waals surface area contributed by atoms with Crippen molar-refractivity contribution in [3.63, 3.8) is 0 Å². The molecule has 2 aromatic rings. The first-order chi connectivity index (χ1) is 16.5. The third kappa shape index (κ3) is 7.03. The molecule has 0 spiro atoms. The van der Waals surface area contributed by atoms with Crippen LogP contribution in [0.25, 0.3) is 0 Å². The van der Waals surface area contributed by atoms with Gasteiger partial charge in [0, 0.05) is 37.1 Å². The maximum atomic E-state index is 13.0. The molecule has 10 heteroatoms. The van der Waals surface area contributed by atoms with Crippen molar-refractivity contribution in [2.24, 2.45) is 16.9 Å². The lowest BCUT2D eigenvalue weighted by Crippen LogP contribution is -2.45. The number of likely N-dealkylation sites (tertiary alicyclic amines) is 1. The van der Waals surface area contributed by atoms with Crippen LogP contribution in [-0.4, -0.2) is 53.7 Å². The maximum absolute atomic E-state index is 13.0. The molecular formula is C24H30N6O4. The van der Waals surface area contributed by atoms with Crippen LogP contribution < -0.4 is 16.5 Å². The van der Waals surface area contributed by atoms with Gasteiger partial charge in [0.05, 0.1) is 25.3 Å². The fourth-order valence-corrected chi connectivity index (χ4v) is 3.80. The van der Waals surface area contributed by atoms with E-state index in [4.69, 9.17) is 10.6 Å². The number of aromatic nitrogens is 1. The van der Waals surface area contributed by atoms with Crippen LogP contribution in [0.4, 0.5) is 10.5 Å². The molecule has 0 bridgehead atoms. The van der Waals surface area contributed by atoms with E-state index in [1.165, 1.54) is 6.21 Å². The maximum Gasteiger partial charge on any atom is 0.321 e. The molecule has 0 aliphatic carbocycles. The van der Waals surface area contributed by atoms with Gasteiger partial charge in [-0.3, -0.25) is 14.6 Å². The van der Waals surface area contributed by atoms with Gasteiger partial charge in [-0.05, 0) is 49.1 Å². The Kier molecular flexibility index (Phi) is 8.96. The van der Waals surface area contributed by atoms with Crippen LogP contribution >= 0.6 is 0 Å². The molecule has 1 atom stereocenters. The van der Waals surface area contributed by atoms with Gasteiger partial charge >= 0.3 is 12.0 Å². The number of pyridine rings is 1. The number of ether oxygens (including phenoxy) is 1. The van der Waals surface area contributed by atoms with E-state index in [1.54, 1.807) is 54.5 Å². The monoisotopic (exact) mass is 466 g/mol. The number of piperidine rings is 1. The summed E-state index contributed by atoms with van der Waals surface area (Å²) in [4.78, 5) is 43.4. The van der Waals surface area contributed by atoms with Crippen molar-refractivity contribution in [2.75, 3.05) is 25.0 Å². The van der Waals surface area contributed by atoms with Gasteiger partial charge in [0.1, 0.15) is 0 Å². The first kappa shape index (κ1) is 24.7. The summed E-state index contributed by atoms with van der Waals surface area (Å²) in [5.41, 5.74) is 2.24. The number of esters is 1. The Labute approximate surface area is 198 Å². The number of carbonyl (C=O) groups is 3. The Morgan fingerprint density at radius 1 is 1.24 bits per heavy atom. The summed E-state index contributed by atoms with van der Waals surface area (Å²) in [7, 11) is 0. The molecule has 1 aliphatic rings. The van der Waals surface area contributed by atoms with Gasteiger partial charge in [0.15, 0.2) is 0 Å². The molecular weight excluding hydrogens is 436 g/mol. The van der Waals surface area contributed by atoms with Gasteiger partial charge in [0.25, 0.3) is 0 Å². The number of anilines is 1. The van der Waals surface area contributed by atoms with Crippen LogP contribution in [0, 0.1) is 5.92 Å². The van der Waals surface area contributed by atoms with E-state index in [0.717, 1.165) is 11.1 Å². The SMILES string of the molecule is CCOC(=O)CC(NC(=O)C1CCN(C(=O)Nc2ccc(C=NN)cc2)CC1)c1cccnc1. The highest BCUT2D eigenvalue weighted by molar-refractivity contribution is 5.90. The van der Waals surface area contributed by atoms with Crippen LogP contribution in [0.15, 0.2) is 53.9 Å². The average molecular weight is 467 g/mol. The van der Waals surface area contributed by atoms with Crippen molar-refractivity contribution in [3.05, 3.63) is 59.9 Å². The minimum atomic E-state index is -0.520. The van der Waals surface area contributed by atoms with Gasteiger partial charge in [-0.1, -0.05) is 18.2 Å². The second-order valence-electron chi connectivity index (χ2n) is 7.95.